The lowest BCUT2D eigenvalue weighted by atomic mass is 10.0. The molecule has 0 aliphatic rings. The molecule has 0 aromatic heterocycles. The molecule has 0 bridgehead atoms. The van der Waals surface area contributed by atoms with Gasteiger partial charge in [-0.2, -0.15) is 0 Å². The molecule has 0 aromatic rings. The van der Waals surface area contributed by atoms with Gasteiger partial charge in [-0.1, -0.05) is 13.8 Å². The largest absolute Gasteiger partial charge is 0.480 e. The van der Waals surface area contributed by atoms with Crippen molar-refractivity contribution in [1.82, 2.24) is 16.0 Å². The first-order valence-corrected chi connectivity index (χ1v) is 9.26. The van der Waals surface area contributed by atoms with E-state index in [0.29, 0.717) is 0 Å². The minimum Gasteiger partial charge on any atom is -0.480 e. The molecule has 0 aliphatic carbocycles. The van der Waals surface area contributed by atoms with Crippen LogP contribution in [0, 0.1) is 5.92 Å². The molecular formula is C17H31N5O8. The van der Waals surface area contributed by atoms with Crippen LogP contribution in [0.4, 0.5) is 0 Å². The number of amides is 4. The van der Waals surface area contributed by atoms with Gasteiger partial charge in [0.1, 0.15) is 24.2 Å². The van der Waals surface area contributed by atoms with Crippen molar-refractivity contribution >= 4 is 29.6 Å². The monoisotopic (exact) mass is 433 g/mol. The zero-order valence-electron chi connectivity index (χ0n) is 17.1. The molecule has 172 valence electrons. The first kappa shape index (κ1) is 27.2. The molecule has 0 saturated heterocycles. The van der Waals surface area contributed by atoms with E-state index in [1.54, 1.807) is 13.8 Å². The molecule has 0 fully saturated rings. The second kappa shape index (κ2) is 12.7. The van der Waals surface area contributed by atoms with Crippen LogP contribution in [0.1, 0.15) is 33.6 Å². The average molecular weight is 433 g/mol. The third-order valence-electron chi connectivity index (χ3n) is 3.96. The molecule has 5 atom stereocenters. The quantitative estimate of drug-likeness (QED) is 0.142. The van der Waals surface area contributed by atoms with Gasteiger partial charge in [0.2, 0.25) is 23.6 Å². The predicted molar refractivity (Wildman–Crippen MR) is 103 cm³/mol. The maximum absolute atomic E-state index is 12.6. The van der Waals surface area contributed by atoms with Crippen LogP contribution in [0.15, 0.2) is 0 Å². The number of aliphatic hydroxyl groups excluding tert-OH is 2. The van der Waals surface area contributed by atoms with E-state index in [2.05, 4.69) is 16.0 Å². The summed E-state index contributed by atoms with van der Waals surface area (Å²) in [4.78, 5) is 59.2. The molecule has 0 aromatic carbocycles. The summed E-state index contributed by atoms with van der Waals surface area (Å²) in [6.07, 6.45) is -1.92. The van der Waals surface area contributed by atoms with Crippen molar-refractivity contribution in [2.45, 2.75) is 63.9 Å². The highest BCUT2D eigenvalue weighted by Crippen LogP contribution is 2.07. The van der Waals surface area contributed by atoms with Crippen molar-refractivity contribution in [3.8, 4) is 0 Å². The van der Waals surface area contributed by atoms with Crippen LogP contribution < -0.4 is 27.4 Å². The van der Waals surface area contributed by atoms with Gasteiger partial charge < -0.3 is 42.7 Å². The number of aliphatic hydroxyl groups is 2. The number of hydrogen-bond acceptors (Lipinski definition) is 8. The minimum absolute atomic E-state index is 0.0944. The molecule has 13 heteroatoms. The summed E-state index contributed by atoms with van der Waals surface area (Å²) >= 11 is 0. The van der Waals surface area contributed by atoms with Crippen molar-refractivity contribution < 1.29 is 39.3 Å². The number of rotatable bonds is 13. The summed E-state index contributed by atoms with van der Waals surface area (Å²) in [5, 5.41) is 34.5. The molecule has 0 aliphatic heterocycles. The first-order chi connectivity index (χ1) is 13.8. The fraction of sp³-hybridized carbons (Fsp3) is 0.706. The second-order valence-corrected chi connectivity index (χ2v) is 7.28. The Labute approximate surface area is 173 Å². The number of aliphatic carboxylic acids is 1. The molecule has 13 nitrogen and oxygen atoms in total. The summed E-state index contributed by atoms with van der Waals surface area (Å²) < 4.78 is 0. The Morgan fingerprint density at radius 1 is 0.900 bits per heavy atom. The Morgan fingerprint density at radius 3 is 1.83 bits per heavy atom. The van der Waals surface area contributed by atoms with Crippen LogP contribution in [-0.2, 0) is 24.0 Å². The van der Waals surface area contributed by atoms with Gasteiger partial charge in [-0.15, -0.1) is 0 Å². The fourth-order valence-corrected chi connectivity index (χ4v) is 2.39. The summed E-state index contributed by atoms with van der Waals surface area (Å²) in [5.74, 6) is -5.23. The van der Waals surface area contributed by atoms with Gasteiger partial charge in [-0.25, -0.2) is 4.79 Å². The van der Waals surface area contributed by atoms with E-state index in [4.69, 9.17) is 21.7 Å². The van der Waals surface area contributed by atoms with E-state index in [-0.39, 0.29) is 12.3 Å². The average Bonchev–Trinajstić information content (AvgIpc) is 2.62. The summed E-state index contributed by atoms with van der Waals surface area (Å²) in [7, 11) is 0. The maximum atomic E-state index is 12.6. The summed E-state index contributed by atoms with van der Waals surface area (Å²) in [6, 6.07) is -5.62. The minimum atomic E-state index is -1.59. The Balaban J connectivity index is 5.43. The van der Waals surface area contributed by atoms with Crippen LogP contribution in [0.25, 0.3) is 0 Å². The molecule has 10 N–H and O–H groups in total. The Hall–Kier alpha value is -2.77. The normalized spacial score (nSPS) is 16.0. The van der Waals surface area contributed by atoms with Crippen LogP contribution in [0.2, 0.25) is 0 Å². The highest BCUT2D eigenvalue weighted by atomic mass is 16.4. The van der Waals surface area contributed by atoms with E-state index in [1.807, 2.05) is 0 Å². The number of carbonyl (C=O) groups excluding carboxylic acids is 4. The van der Waals surface area contributed by atoms with Crippen LogP contribution >= 0.6 is 0 Å². The van der Waals surface area contributed by atoms with E-state index in [9.17, 15) is 29.1 Å². The van der Waals surface area contributed by atoms with E-state index in [0.717, 1.165) is 0 Å². The zero-order valence-corrected chi connectivity index (χ0v) is 17.1. The third-order valence-corrected chi connectivity index (χ3v) is 3.96. The van der Waals surface area contributed by atoms with E-state index >= 15 is 0 Å². The highest BCUT2D eigenvalue weighted by Gasteiger charge is 2.32. The third kappa shape index (κ3) is 9.62. The van der Waals surface area contributed by atoms with Gasteiger partial charge in [0.15, 0.2) is 0 Å². The molecule has 30 heavy (non-hydrogen) atoms. The standard InChI is InChI=1S/C17H31N5O8/c1-7(2)4-10(15(27)21-11(17(29)30)5-12(19)25)20-16(28)13(8(3)24)22-14(26)9(18)6-23/h7-11,13,23-24H,4-6,18H2,1-3H3,(H2,19,25)(H,20,28)(H,21,27)(H,22,26)(H,29,30). The molecule has 0 heterocycles. The number of nitrogens with two attached hydrogens (primary N) is 2. The van der Waals surface area contributed by atoms with Gasteiger partial charge in [-0.05, 0) is 19.3 Å². The molecule has 4 amide bonds. The number of carbonyl (C=O) groups is 5. The maximum Gasteiger partial charge on any atom is 0.326 e. The van der Waals surface area contributed by atoms with Gasteiger partial charge in [-0.3, -0.25) is 19.2 Å². The lowest BCUT2D eigenvalue weighted by Crippen LogP contribution is -2.60. The first-order valence-electron chi connectivity index (χ1n) is 9.26. The predicted octanol–water partition coefficient (Wildman–Crippen LogP) is -3.85. The smallest absolute Gasteiger partial charge is 0.326 e. The highest BCUT2D eigenvalue weighted by molar-refractivity contribution is 5.95. The SMILES string of the molecule is CC(C)CC(NC(=O)C(NC(=O)C(N)CO)C(C)O)C(=O)NC(CC(N)=O)C(=O)O. The molecule has 0 rings (SSSR count). The van der Waals surface area contributed by atoms with Crippen molar-refractivity contribution in [2.75, 3.05) is 6.61 Å². The molecule has 0 radical (unpaired) electrons. The van der Waals surface area contributed by atoms with Gasteiger partial charge in [0, 0.05) is 0 Å². The lowest BCUT2D eigenvalue weighted by molar-refractivity contribution is -0.144. The van der Waals surface area contributed by atoms with E-state index in [1.165, 1.54) is 6.92 Å². The van der Waals surface area contributed by atoms with Crippen LogP contribution in [0.5, 0.6) is 0 Å². The molecular weight excluding hydrogens is 402 g/mol. The van der Waals surface area contributed by atoms with Crippen molar-refractivity contribution in [3.05, 3.63) is 0 Å². The Kier molecular flexibility index (Phi) is 11.5. The fourth-order valence-electron chi connectivity index (χ4n) is 2.39. The number of primary amides is 1. The number of carboxylic acid groups (broad SMARTS) is 1. The number of carboxylic acids is 1. The lowest BCUT2D eigenvalue weighted by Gasteiger charge is -2.27. The number of hydrogen-bond donors (Lipinski definition) is 8. The summed E-state index contributed by atoms with van der Waals surface area (Å²) in [5.41, 5.74) is 10.4. The van der Waals surface area contributed by atoms with Gasteiger partial charge >= 0.3 is 5.97 Å². The van der Waals surface area contributed by atoms with Crippen molar-refractivity contribution in [3.63, 3.8) is 0 Å². The van der Waals surface area contributed by atoms with Gasteiger partial charge in [0.25, 0.3) is 0 Å². The second-order valence-electron chi connectivity index (χ2n) is 7.28. The van der Waals surface area contributed by atoms with Gasteiger partial charge in [0.05, 0.1) is 19.1 Å². The van der Waals surface area contributed by atoms with Crippen molar-refractivity contribution in [1.29, 1.82) is 0 Å². The Bertz CT molecular complexity index is 640. The van der Waals surface area contributed by atoms with Crippen molar-refractivity contribution in [2.24, 2.45) is 17.4 Å². The zero-order chi connectivity index (χ0) is 23.6. The molecule has 0 saturated carbocycles. The Morgan fingerprint density at radius 2 is 1.43 bits per heavy atom. The van der Waals surface area contributed by atoms with Crippen LogP contribution in [0.3, 0.4) is 0 Å². The molecule has 5 unspecified atom stereocenters. The molecule has 0 spiro atoms. The number of nitrogens with one attached hydrogen (secondary N) is 3. The topological polar surface area (TPSA) is 234 Å². The summed E-state index contributed by atoms with van der Waals surface area (Å²) in [6.45, 7) is 4.03. The van der Waals surface area contributed by atoms with E-state index < -0.39 is 72.9 Å². The van der Waals surface area contributed by atoms with Crippen LogP contribution in [-0.4, -0.2) is 81.8 Å².